The van der Waals surface area contributed by atoms with Gasteiger partial charge >= 0.3 is 6.09 Å². The summed E-state index contributed by atoms with van der Waals surface area (Å²) in [5.74, 6) is -0.122. The Morgan fingerprint density at radius 1 is 1.37 bits per heavy atom. The summed E-state index contributed by atoms with van der Waals surface area (Å²) < 4.78 is 5.31. The van der Waals surface area contributed by atoms with Crippen molar-refractivity contribution in [2.24, 2.45) is 5.73 Å². The minimum absolute atomic E-state index is 0.162. The van der Waals surface area contributed by atoms with Gasteiger partial charge in [-0.1, -0.05) is 49.0 Å². The van der Waals surface area contributed by atoms with Gasteiger partial charge in [-0.25, -0.2) is 14.6 Å². The number of anilines is 1. The van der Waals surface area contributed by atoms with Crippen LogP contribution in [0.2, 0.25) is 0 Å². The maximum atomic E-state index is 12.3. The molecular weight excluding hydrogens is 464 g/mol. The van der Waals surface area contributed by atoms with E-state index in [1.165, 1.54) is 0 Å². The third-order valence-corrected chi connectivity index (χ3v) is 6.55. The molecule has 0 bridgehead atoms. The van der Waals surface area contributed by atoms with Gasteiger partial charge in [-0.2, -0.15) is 5.26 Å². The summed E-state index contributed by atoms with van der Waals surface area (Å²) in [7, 11) is 0. The fourth-order valence-electron chi connectivity index (χ4n) is 3.72. The van der Waals surface area contributed by atoms with Gasteiger partial charge in [0.25, 0.3) is 0 Å². The number of primary amides is 1. The lowest BCUT2D eigenvalue weighted by Gasteiger charge is -2.41. The van der Waals surface area contributed by atoms with Crippen molar-refractivity contribution < 1.29 is 14.3 Å². The van der Waals surface area contributed by atoms with Crippen LogP contribution in [0.15, 0.2) is 35.4 Å². The summed E-state index contributed by atoms with van der Waals surface area (Å²) in [6.45, 7) is 15.9. The molecular formula is C25H28N6O3S. The number of benzene rings is 1. The lowest BCUT2D eigenvalue weighted by molar-refractivity contribution is -0.117. The summed E-state index contributed by atoms with van der Waals surface area (Å²) in [6.07, 6.45) is -0.0538. The molecule has 1 aliphatic heterocycles. The van der Waals surface area contributed by atoms with Crippen LogP contribution < -0.4 is 16.0 Å². The molecule has 1 fully saturated rings. The standard InChI is InChI=1S/C25H28N6O3S/c1-6-17-18(12-26)23(35-20(21(27)32)15-10-8-7-9-11-15)30-22(19(17)28-5)31-13-16(14-31)29-24(33)34-25(2,3)4/h7-11,16,20H,6,13-14H2,1-4H3,(H2,27,32)(H,29,33). The molecule has 1 saturated heterocycles. The van der Waals surface area contributed by atoms with Gasteiger partial charge in [-0.15, -0.1) is 0 Å². The van der Waals surface area contributed by atoms with Crippen LogP contribution in [-0.4, -0.2) is 41.7 Å². The van der Waals surface area contributed by atoms with Crippen LogP contribution in [0, 0.1) is 17.9 Å². The van der Waals surface area contributed by atoms with Crippen LogP contribution in [0.4, 0.5) is 16.3 Å². The van der Waals surface area contributed by atoms with Crippen molar-refractivity contribution in [1.29, 1.82) is 5.26 Å². The normalized spacial score (nSPS) is 14.3. The molecule has 1 unspecified atom stereocenters. The van der Waals surface area contributed by atoms with Crippen LogP contribution in [0.25, 0.3) is 4.85 Å². The van der Waals surface area contributed by atoms with Crippen molar-refractivity contribution >= 4 is 35.3 Å². The molecule has 1 aromatic heterocycles. The lowest BCUT2D eigenvalue weighted by atomic mass is 10.0. The zero-order chi connectivity index (χ0) is 25.8. The monoisotopic (exact) mass is 492 g/mol. The lowest BCUT2D eigenvalue weighted by Crippen LogP contribution is -2.60. The van der Waals surface area contributed by atoms with Crippen molar-refractivity contribution in [1.82, 2.24) is 10.3 Å². The topological polar surface area (TPSA) is 126 Å². The van der Waals surface area contributed by atoms with Crippen LogP contribution in [-0.2, 0) is 16.0 Å². The molecule has 0 aliphatic carbocycles. The molecule has 1 atom stereocenters. The van der Waals surface area contributed by atoms with E-state index < -0.39 is 22.9 Å². The quantitative estimate of drug-likeness (QED) is 0.440. The zero-order valence-corrected chi connectivity index (χ0v) is 21.0. The molecule has 1 aliphatic rings. The van der Waals surface area contributed by atoms with Crippen molar-refractivity contribution in [3.05, 3.63) is 58.4 Å². The van der Waals surface area contributed by atoms with Crippen LogP contribution in [0.1, 0.15) is 49.6 Å². The van der Waals surface area contributed by atoms with Crippen LogP contribution >= 0.6 is 11.8 Å². The van der Waals surface area contributed by atoms with Gasteiger partial charge in [-0.05, 0) is 38.3 Å². The number of pyridine rings is 1. The predicted octanol–water partition coefficient (Wildman–Crippen LogP) is 4.10. The maximum absolute atomic E-state index is 12.3. The Kier molecular flexibility index (Phi) is 7.88. The van der Waals surface area contributed by atoms with E-state index in [4.69, 9.17) is 17.0 Å². The van der Waals surface area contributed by atoms with Crippen molar-refractivity contribution in [2.75, 3.05) is 18.0 Å². The SMILES string of the molecule is [C-]#[N+]c1c(N2CC(NC(=O)OC(C)(C)C)C2)nc(SC(C(N)=O)c2ccccc2)c(C#N)c1CC. The van der Waals surface area contributed by atoms with E-state index >= 15 is 0 Å². The number of thioether (sulfide) groups is 1. The second kappa shape index (κ2) is 10.7. The highest BCUT2D eigenvalue weighted by atomic mass is 32.2. The highest BCUT2D eigenvalue weighted by Gasteiger charge is 2.34. The highest BCUT2D eigenvalue weighted by molar-refractivity contribution is 8.00. The molecule has 182 valence electrons. The molecule has 2 heterocycles. The predicted molar refractivity (Wildman–Crippen MR) is 134 cm³/mol. The Balaban J connectivity index is 1.92. The minimum atomic E-state index is -0.745. The van der Waals surface area contributed by atoms with Gasteiger partial charge < -0.3 is 20.7 Å². The Labute approximate surface area is 209 Å². The second-order valence-corrected chi connectivity index (χ2v) is 10.2. The number of alkyl carbamates (subject to hydrolysis) is 1. The smallest absolute Gasteiger partial charge is 0.407 e. The molecule has 0 radical (unpaired) electrons. The fraction of sp³-hybridized carbons (Fsp3) is 0.400. The first-order chi connectivity index (χ1) is 16.6. The number of nitrogens with zero attached hydrogens (tertiary/aromatic N) is 4. The molecule has 10 heteroatoms. The number of amides is 2. The molecule has 2 aromatic rings. The zero-order valence-electron chi connectivity index (χ0n) is 20.2. The number of hydrogen-bond donors (Lipinski definition) is 2. The van der Waals surface area contributed by atoms with Crippen LogP contribution in [0.3, 0.4) is 0 Å². The van der Waals surface area contributed by atoms with Gasteiger partial charge in [0.2, 0.25) is 11.6 Å². The Bertz CT molecular complexity index is 1190. The van der Waals surface area contributed by atoms with Crippen molar-refractivity contribution in [3.8, 4) is 6.07 Å². The Morgan fingerprint density at radius 3 is 2.54 bits per heavy atom. The van der Waals surface area contributed by atoms with Gasteiger partial charge in [0, 0.05) is 13.1 Å². The summed E-state index contributed by atoms with van der Waals surface area (Å²) in [5, 5.41) is 12.3. The largest absolute Gasteiger partial charge is 0.444 e. The van der Waals surface area contributed by atoms with E-state index in [0.29, 0.717) is 47.2 Å². The molecule has 1 aromatic carbocycles. The average molecular weight is 493 g/mol. The summed E-state index contributed by atoms with van der Waals surface area (Å²) >= 11 is 1.11. The highest BCUT2D eigenvalue weighted by Crippen LogP contribution is 2.43. The first-order valence-electron chi connectivity index (χ1n) is 11.2. The number of nitriles is 1. The number of nitrogens with one attached hydrogen (secondary N) is 1. The van der Waals surface area contributed by atoms with Crippen LogP contribution in [0.5, 0.6) is 0 Å². The van der Waals surface area contributed by atoms with E-state index in [1.54, 1.807) is 32.9 Å². The molecule has 9 nitrogen and oxygen atoms in total. The number of aromatic nitrogens is 1. The number of ether oxygens (including phenoxy) is 1. The summed E-state index contributed by atoms with van der Waals surface area (Å²) in [6, 6.07) is 11.1. The van der Waals surface area contributed by atoms with Gasteiger partial charge in [-0.3, -0.25) is 4.79 Å². The number of nitrogens with two attached hydrogens (primary N) is 1. The van der Waals surface area contributed by atoms with E-state index in [2.05, 4.69) is 21.2 Å². The first kappa shape index (κ1) is 25.9. The molecule has 35 heavy (non-hydrogen) atoms. The molecule has 3 rings (SSSR count). The first-order valence-corrected chi connectivity index (χ1v) is 12.1. The number of hydrogen-bond acceptors (Lipinski definition) is 7. The van der Waals surface area contributed by atoms with E-state index in [1.807, 2.05) is 30.0 Å². The third kappa shape index (κ3) is 6.03. The number of carbonyl (C=O) groups excluding carboxylic acids is 2. The van der Waals surface area contributed by atoms with Crippen molar-refractivity contribution in [2.45, 2.75) is 56.0 Å². The minimum Gasteiger partial charge on any atom is -0.444 e. The molecule has 2 amide bonds. The van der Waals surface area contributed by atoms with E-state index in [-0.39, 0.29) is 11.6 Å². The summed E-state index contributed by atoms with van der Waals surface area (Å²) in [5.41, 5.74) is 6.96. The summed E-state index contributed by atoms with van der Waals surface area (Å²) in [4.78, 5) is 34.6. The second-order valence-electron chi connectivity index (χ2n) is 9.08. The molecule has 3 N–H and O–H groups in total. The third-order valence-electron chi connectivity index (χ3n) is 5.29. The molecule has 0 spiro atoms. The Morgan fingerprint density at radius 2 is 2.03 bits per heavy atom. The number of rotatable bonds is 7. The van der Waals surface area contributed by atoms with E-state index in [0.717, 1.165) is 11.8 Å². The van der Waals surface area contributed by atoms with E-state index in [9.17, 15) is 14.9 Å². The average Bonchev–Trinajstić information content (AvgIpc) is 2.77. The van der Waals surface area contributed by atoms with Gasteiger partial charge in [0.05, 0.1) is 18.2 Å². The fourth-order valence-corrected chi connectivity index (χ4v) is 4.78. The van der Waals surface area contributed by atoms with Gasteiger partial charge in [0.1, 0.15) is 27.8 Å². The number of carbonyl (C=O) groups is 2. The molecule has 0 saturated carbocycles. The van der Waals surface area contributed by atoms with Crippen molar-refractivity contribution in [3.63, 3.8) is 0 Å². The maximum Gasteiger partial charge on any atom is 0.407 e. The Hall–Kier alpha value is -3.76. The van der Waals surface area contributed by atoms with Gasteiger partial charge in [0.15, 0.2) is 0 Å².